The molecule has 0 aliphatic carbocycles. The van der Waals surface area contributed by atoms with Crippen molar-refractivity contribution in [1.29, 1.82) is 0 Å². The number of aromatic nitrogens is 2. The minimum absolute atomic E-state index is 0.212. The summed E-state index contributed by atoms with van der Waals surface area (Å²) in [5.41, 5.74) is 6.12. The third-order valence-corrected chi connectivity index (χ3v) is 4.61. The number of nitrogens with zero attached hydrogens (tertiary/aromatic N) is 3. The van der Waals surface area contributed by atoms with Gasteiger partial charge in [-0.25, -0.2) is 14.3 Å². The van der Waals surface area contributed by atoms with Gasteiger partial charge in [-0.1, -0.05) is 18.2 Å². The molecule has 3 aromatic rings. The second-order valence-electron chi connectivity index (χ2n) is 9.87. The van der Waals surface area contributed by atoms with E-state index < -0.39 is 23.4 Å². The summed E-state index contributed by atoms with van der Waals surface area (Å²) in [5, 5.41) is 5.19. The van der Waals surface area contributed by atoms with Crippen LogP contribution < -0.4 is 15.4 Å². The molecule has 34 heavy (non-hydrogen) atoms. The van der Waals surface area contributed by atoms with Crippen molar-refractivity contribution in [3.05, 3.63) is 48.0 Å². The van der Waals surface area contributed by atoms with Crippen molar-refractivity contribution in [2.45, 2.75) is 59.3 Å². The number of imide groups is 1. The first-order valence-electron chi connectivity index (χ1n) is 10.9. The molecule has 0 unspecified atom stereocenters. The average molecular weight is 469 g/mol. The number of rotatable bonds is 4. The monoisotopic (exact) mass is 468 g/mol. The van der Waals surface area contributed by atoms with Crippen LogP contribution in [0.15, 0.2) is 42.5 Å². The Hall–Kier alpha value is -3.75. The molecular formula is C25H32N4O5. The Kier molecular flexibility index (Phi) is 6.77. The minimum Gasteiger partial charge on any atom is -0.496 e. The lowest BCUT2D eigenvalue weighted by Gasteiger charge is -2.29. The standard InChI is InChI=1S/C25H32N4O5/c1-24(2,3)33-22(30)29(23(31)34-25(4,5)6)21-18-13-12-17(26)14-19(18)27-28(21)15-16-10-8-9-11-20(16)32-7/h8-14H,15,26H2,1-7H3. The van der Waals surface area contributed by atoms with Crippen LogP contribution in [0.3, 0.4) is 0 Å². The molecule has 0 atom stereocenters. The summed E-state index contributed by atoms with van der Waals surface area (Å²) in [4.78, 5) is 27.6. The average Bonchev–Trinajstić information content (AvgIpc) is 3.02. The molecular weight excluding hydrogens is 436 g/mol. The number of nitrogens with two attached hydrogens (primary N) is 1. The molecule has 1 heterocycles. The summed E-state index contributed by atoms with van der Waals surface area (Å²) in [7, 11) is 1.58. The summed E-state index contributed by atoms with van der Waals surface area (Å²) in [5.74, 6) is 0.859. The fourth-order valence-electron chi connectivity index (χ4n) is 3.34. The Bertz CT molecular complexity index is 1180. The van der Waals surface area contributed by atoms with Gasteiger partial charge in [0.05, 0.1) is 19.2 Å². The van der Waals surface area contributed by atoms with E-state index in [-0.39, 0.29) is 12.4 Å². The van der Waals surface area contributed by atoms with Crippen LogP contribution in [0, 0.1) is 0 Å². The van der Waals surface area contributed by atoms with Gasteiger partial charge in [0.25, 0.3) is 0 Å². The van der Waals surface area contributed by atoms with E-state index in [0.29, 0.717) is 22.3 Å². The van der Waals surface area contributed by atoms with Gasteiger partial charge < -0.3 is 19.9 Å². The smallest absolute Gasteiger partial charge is 0.425 e. The molecule has 0 aliphatic heterocycles. The molecule has 0 radical (unpaired) electrons. The number of anilines is 2. The molecule has 2 aromatic carbocycles. The first kappa shape index (κ1) is 24.9. The van der Waals surface area contributed by atoms with Crippen molar-refractivity contribution in [1.82, 2.24) is 9.78 Å². The summed E-state index contributed by atoms with van der Waals surface area (Å²) in [6.07, 6.45) is -1.75. The Morgan fingerprint density at radius 3 is 2.12 bits per heavy atom. The normalized spacial score (nSPS) is 11.9. The predicted octanol–water partition coefficient (Wildman–Crippen LogP) is 5.35. The van der Waals surface area contributed by atoms with Gasteiger partial charge >= 0.3 is 12.2 Å². The first-order chi connectivity index (χ1) is 15.8. The van der Waals surface area contributed by atoms with E-state index in [1.54, 1.807) is 71.5 Å². The van der Waals surface area contributed by atoms with Crippen LogP contribution in [0.25, 0.3) is 10.9 Å². The second kappa shape index (κ2) is 9.24. The number of benzene rings is 2. The summed E-state index contributed by atoms with van der Waals surface area (Å²) in [6.45, 7) is 10.6. The van der Waals surface area contributed by atoms with Crippen LogP contribution in [0.1, 0.15) is 47.1 Å². The molecule has 3 rings (SSSR count). The Balaban J connectivity index is 2.22. The number of methoxy groups -OCH3 is 1. The zero-order chi connectivity index (χ0) is 25.3. The lowest BCUT2D eigenvalue weighted by molar-refractivity contribution is 0.0427. The number of carbonyl (C=O) groups is 2. The molecule has 0 saturated carbocycles. The molecule has 1 aromatic heterocycles. The Morgan fingerprint density at radius 1 is 0.971 bits per heavy atom. The second-order valence-corrected chi connectivity index (χ2v) is 9.87. The van der Waals surface area contributed by atoms with E-state index in [0.717, 1.165) is 10.5 Å². The van der Waals surface area contributed by atoms with Crippen LogP contribution in [0.4, 0.5) is 21.1 Å². The van der Waals surface area contributed by atoms with E-state index >= 15 is 0 Å². The van der Waals surface area contributed by atoms with Gasteiger partial charge in [0.15, 0.2) is 5.82 Å². The molecule has 9 heteroatoms. The molecule has 0 fully saturated rings. The van der Waals surface area contributed by atoms with E-state index in [2.05, 4.69) is 5.10 Å². The highest BCUT2D eigenvalue weighted by molar-refractivity contribution is 6.14. The summed E-state index contributed by atoms with van der Waals surface area (Å²) >= 11 is 0. The van der Waals surface area contributed by atoms with E-state index in [9.17, 15) is 9.59 Å². The third-order valence-electron chi connectivity index (χ3n) is 4.61. The number of hydrogen-bond acceptors (Lipinski definition) is 7. The summed E-state index contributed by atoms with van der Waals surface area (Å²) in [6, 6.07) is 12.5. The van der Waals surface area contributed by atoms with Crippen LogP contribution in [-0.4, -0.2) is 40.3 Å². The highest BCUT2D eigenvalue weighted by Crippen LogP contribution is 2.32. The molecule has 0 saturated heterocycles. The number of nitrogen functional groups attached to an aromatic ring is 1. The van der Waals surface area contributed by atoms with Gasteiger partial charge in [0, 0.05) is 16.6 Å². The number of amides is 2. The lowest BCUT2D eigenvalue weighted by Crippen LogP contribution is -2.44. The maximum atomic E-state index is 13.3. The summed E-state index contributed by atoms with van der Waals surface area (Å²) < 4.78 is 18.2. The zero-order valence-corrected chi connectivity index (χ0v) is 20.7. The van der Waals surface area contributed by atoms with Gasteiger partial charge in [-0.2, -0.15) is 10.00 Å². The number of ether oxygens (including phenoxy) is 3. The van der Waals surface area contributed by atoms with Crippen LogP contribution in [0.2, 0.25) is 0 Å². The van der Waals surface area contributed by atoms with Crippen molar-refractivity contribution in [2.75, 3.05) is 17.7 Å². The van der Waals surface area contributed by atoms with Crippen molar-refractivity contribution >= 4 is 34.6 Å². The molecule has 9 nitrogen and oxygen atoms in total. The van der Waals surface area contributed by atoms with Gasteiger partial charge in [-0.3, -0.25) is 0 Å². The first-order valence-corrected chi connectivity index (χ1v) is 10.9. The zero-order valence-electron chi connectivity index (χ0n) is 20.7. The number of fused-ring (bicyclic) bond motifs is 1. The van der Waals surface area contributed by atoms with Crippen LogP contribution in [-0.2, 0) is 16.0 Å². The topological polar surface area (TPSA) is 109 Å². The fraction of sp³-hybridized carbons (Fsp3) is 0.400. The van der Waals surface area contributed by atoms with Crippen molar-refractivity contribution in [3.8, 4) is 5.75 Å². The highest BCUT2D eigenvalue weighted by atomic mass is 16.6. The molecule has 182 valence electrons. The van der Waals surface area contributed by atoms with E-state index in [1.807, 2.05) is 24.3 Å². The van der Waals surface area contributed by atoms with Gasteiger partial charge in [0.2, 0.25) is 0 Å². The van der Waals surface area contributed by atoms with E-state index in [4.69, 9.17) is 19.9 Å². The van der Waals surface area contributed by atoms with Crippen LogP contribution in [0.5, 0.6) is 5.75 Å². The number of hydrogen-bond donors (Lipinski definition) is 1. The lowest BCUT2D eigenvalue weighted by atomic mass is 10.2. The Labute approximate surface area is 199 Å². The van der Waals surface area contributed by atoms with Gasteiger partial charge in [-0.05, 0) is 65.8 Å². The molecule has 0 spiro atoms. The largest absolute Gasteiger partial charge is 0.496 e. The SMILES string of the molecule is COc1ccccc1Cn1nc2cc(N)ccc2c1N(C(=O)OC(C)(C)C)C(=O)OC(C)(C)C. The van der Waals surface area contributed by atoms with Crippen molar-refractivity contribution < 1.29 is 23.8 Å². The molecule has 0 aliphatic rings. The number of para-hydroxylation sites is 1. The highest BCUT2D eigenvalue weighted by Gasteiger charge is 2.36. The van der Waals surface area contributed by atoms with Gasteiger partial charge in [-0.15, -0.1) is 0 Å². The van der Waals surface area contributed by atoms with Crippen molar-refractivity contribution in [3.63, 3.8) is 0 Å². The Morgan fingerprint density at radius 2 is 1.56 bits per heavy atom. The van der Waals surface area contributed by atoms with E-state index in [1.165, 1.54) is 0 Å². The molecule has 0 bridgehead atoms. The van der Waals surface area contributed by atoms with Gasteiger partial charge in [0.1, 0.15) is 17.0 Å². The minimum atomic E-state index is -0.873. The maximum Gasteiger partial charge on any atom is 0.425 e. The number of carbonyl (C=O) groups excluding carboxylic acids is 2. The molecule has 2 amide bonds. The van der Waals surface area contributed by atoms with Crippen molar-refractivity contribution in [2.24, 2.45) is 0 Å². The fourth-order valence-corrected chi connectivity index (χ4v) is 3.34. The molecule has 2 N–H and O–H groups in total. The predicted molar refractivity (Wildman–Crippen MR) is 131 cm³/mol. The van der Waals surface area contributed by atoms with Crippen LogP contribution >= 0.6 is 0 Å². The third kappa shape index (κ3) is 5.78. The quantitative estimate of drug-likeness (QED) is 0.514. The maximum absolute atomic E-state index is 13.3.